The molecule has 0 aromatic heterocycles. The van der Waals surface area contributed by atoms with Gasteiger partial charge in [0, 0.05) is 7.11 Å². The molecular weight excluding hydrogens is 230 g/mol. The van der Waals surface area contributed by atoms with Crippen LogP contribution in [0.5, 0.6) is 0 Å². The predicted octanol–water partition coefficient (Wildman–Crippen LogP) is -0.154. The number of hydrogen-bond acceptors (Lipinski definition) is 4. The summed E-state index contributed by atoms with van der Waals surface area (Å²) in [6.07, 6.45) is -0.707. The molecule has 0 aliphatic carbocycles. The van der Waals surface area contributed by atoms with Crippen LogP contribution in [0.3, 0.4) is 0 Å². The quantitative estimate of drug-likeness (QED) is 0.576. The number of carboxylic acids is 2. The second-order valence-corrected chi connectivity index (χ2v) is 4.20. The van der Waals surface area contributed by atoms with Gasteiger partial charge in [-0.2, -0.15) is 0 Å². The zero-order chi connectivity index (χ0) is 13.6. The first kappa shape index (κ1) is 15.4. The highest BCUT2D eigenvalue weighted by atomic mass is 16.5. The number of rotatable bonds is 7. The molecule has 0 bridgehead atoms. The average Bonchev–Trinajstić information content (AvgIpc) is 2.15. The molecule has 98 valence electrons. The summed E-state index contributed by atoms with van der Waals surface area (Å²) in [7, 11) is 1.43. The number of ether oxygens (including phenoxy) is 1. The van der Waals surface area contributed by atoms with Crippen molar-refractivity contribution >= 4 is 17.8 Å². The van der Waals surface area contributed by atoms with E-state index < -0.39 is 35.9 Å². The summed E-state index contributed by atoms with van der Waals surface area (Å²) in [5, 5.41) is 19.3. The maximum Gasteiger partial charge on any atom is 0.326 e. The molecule has 7 nitrogen and oxygen atoms in total. The number of hydrogen-bond donors (Lipinski definition) is 3. The Hall–Kier alpha value is -1.63. The molecule has 0 aromatic carbocycles. The van der Waals surface area contributed by atoms with Crippen molar-refractivity contribution in [3.05, 3.63) is 0 Å². The molecule has 3 N–H and O–H groups in total. The molecule has 0 aliphatic heterocycles. The average molecular weight is 247 g/mol. The van der Waals surface area contributed by atoms with Crippen molar-refractivity contribution in [2.24, 2.45) is 0 Å². The summed E-state index contributed by atoms with van der Waals surface area (Å²) in [5.41, 5.74) is -0.726. The Kier molecular flexibility index (Phi) is 5.60. The third-order valence-corrected chi connectivity index (χ3v) is 2.15. The monoisotopic (exact) mass is 247 g/mol. The Morgan fingerprint density at radius 2 is 1.82 bits per heavy atom. The molecule has 0 radical (unpaired) electrons. The summed E-state index contributed by atoms with van der Waals surface area (Å²) >= 11 is 0. The molecule has 0 aromatic rings. The molecule has 0 spiro atoms. The minimum Gasteiger partial charge on any atom is -0.481 e. The number of amides is 1. The van der Waals surface area contributed by atoms with E-state index in [0.29, 0.717) is 0 Å². The molecule has 0 fully saturated rings. The Morgan fingerprint density at radius 3 is 2.18 bits per heavy atom. The lowest BCUT2D eigenvalue weighted by Crippen LogP contribution is -2.44. The molecular formula is C10H17NO6. The molecule has 1 amide bonds. The van der Waals surface area contributed by atoms with Crippen molar-refractivity contribution in [1.82, 2.24) is 5.32 Å². The van der Waals surface area contributed by atoms with Gasteiger partial charge in [-0.05, 0) is 13.8 Å². The summed E-state index contributed by atoms with van der Waals surface area (Å²) in [6, 6.07) is -1.42. The van der Waals surface area contributed by atoms with Gasteiger partial charge in [0.2, 0.25) is 5.91 Å². The smallest absolute Gasteiger partial charge is 0.326 e. The lowest BCUT2D eigenvalue weighted by molar-refractivity contribution is -0.147. The molecule has 0 aliphatic rings. The van der Waals surface area contributed by atoms with Crippen molar-refractivity contribution < 1.29 is 29.3 Å². The second-order valence-electron chi connectivity index (χ2n) is 4.20. The van der Waals surface area contributed by atoms with Gasteiger partial charge in [0.25, 0.3) is 0 Å². The van der Waals surface area contributed by atoms with E-state index in [4.69, 9.17) is 14.9 Å². The predicted molar refractivity (Wildman–Crippen MR) is 57.5 cm³/mol. The van der Waals surface area contributed by atoms with Crippen LogP contribution in [0.2, 0.25) is 0 Å². The van der Waals surface area contributed by atoms with Crippen molar-refractivity contribution in [2.45, 2.75) is 38.3 Å². The maximum atomic E-state index is 11.5. The minimum absolute atomic E-state index is 0.0487. The SMILES string of the molecule is COC(C)(C)CC(=O)N[C@H](CC(=O)O)C(=O)O. The number of nitrogens with one attached hydrogen (secondary N) is 1. The summed E-state index contributed by atoms with van der Waals surface area (Å²) < 4.78 is 5.01. The number of carbonyl (C=O) groups excluding carboxylic acids is 1. The lowest BCUT2D eigenvalue weighted by Gasteiger charge is -2.23. The van der Waals surface area contributed by atoms with E-state index in [-0.39, 0.29) is 6.42 Å². The van der Waals surface area contributed by atoms with Crippen LogP contribution in [0.25, 0.3) is 0 Å². The van der Waals surface area contributed by atoms with Gasteiger partial charge in [-0.1, -0.05) is 0 Å². The first-order chi connectivity index (χ1) is 7.68. The third kappa shape index (κ3) is 6.52. The van der Waals surface area contributed by atoms with Crippen LogP contribution in [0.1, 0.15) is 26.7 Å². The van der Waals surface area contributed by atoms with Crippen LogP contribution in [0.4, 0.5) is 0 Å². The fourth-order valence-electron chi connectivity index (χ4n) is 1.08. The molecule has 0 saturated carbocycles. The zero-order valence-corrected chi connectivity index (χ0v) is 10.0. The highest BCUT2D eigenvalue weighted by molar-refractivity contribution is 5.87. The highest BCUT2D eigenvalue weighted by Gasteiger charge is 2.26. The standard InChI is InChI=1S/C10H17NO6/c1-10(2,17-3)5-7(12)11-6(9(15)16)4-8(13)14/h6H,4-5H2,1-3H3,(H,11,12)(H,13,14)(H,15,16)/t6-/m1/s1. The largest absolute Gasteiger partial charge is 0.481 e. The number of carboxylic acid groups (broad SMARTS) is 2. The lowest BCUT2D eigenvalue weighted by atomic mass is 10.0. The maximum absolute atomic E-state index is 11.5. The first-order valence-electron chi connectivity index (χ1n) is 4.97. The topological polar surface area (TPSA) is 113 Å². The molecule has 0 heterocycles. The van der Waals surface area contributed by atoms with Gasteiger partial charge in [-0.15, -0.1) is 0 Å². The van der Waals surface area contributed by atoms with E-state index in [9.17, 15) is 14.4 Å². The van der Waals surface area contributed by atoms with Crippen LogP contribution in [0, 0.1) is 0 Å². The number of methoxy groups -OCH3 is 1. The number of aliphatic carboxylic acids is 2. The van der Waals surface area contributed by atoms with Crippen molar-refractivity contribution in [1.29, 1.82) is 0 Å². The molecule has 0 unspecified atom stereocenters. The fourth-order valence-corrected chi connectivity index (χ4v) is 1.08. The first-order valence-corrected chi connectivity index (χ1v) is 4.97. The van der Waals surface area contributed by atoms with Gasteiger partial charge >= 0.3 is 11.9 Å². The van der Waals surface area contributed by atoms with E-state index in [0.717, 1.165) is 0 Å². The van der Waals surface area contributed by atoms with E-state index in [2.05, 4.69) is 5.32 Å². The summed E-state index contributed by atoms with van der Waals surface area (Å²) in [4.78, 5) is 32.6. The Bertz CT molecular complexity index is 312. The fraction of sp³-hybridized carbons (Fsp3) is 0.700. The van der Waals surface area contributed by atoms with Crippen molar-refractivity contribution in [3.63, 3.8) is 0 Å². The van der Waals surface area contributed by atoms with Crippen molar-refractivity contribution in [2.75, 3.05) is 7.11 Å². The van der Waals surface area contributed by atoms with Gasteiger partial charge in [0.05, 0.1) is 18.4 Å². The van der Waals surface area contributed by atoms with E-state index in [1.54, 1.807) is 13.8 Å². The van der Waals surface area contributed by atoms with E-state index >= 15 is 0 Å². The third-order valence-electron chi connectivity index (χ3n) is 2.15. The van der Waals surface area contributed by atoms with Crippen LogP contribution in [-0.2, 0) is 19.1 Å². The summed E-state index contributed by atoms with van der Waals surface area (Å²) in [6.45, 7) is 3.33. The second kappa shape index (κ2) is 6.19. The number of carbonyl (C=O) groups is 3. The Morgan fingerprint density at radius 1 is 1.29 bits per heavy atom. The van der Waals surface area contributed by atoms with Crippen LogP contribution < -0.4 is 5.32 Å². The summed E-state index contributed by atoms with van der Waals surface area (Å²) in [5.74, 6) is -3.23. The van der Waals surface area contributed by atoms with E-state index in [1.165, 1.54) is 7.11 Å². The molecule has 1 atom stereocenters. The van der Waals surface area contributed by atoms with Crippen LogP contribution in [0.15, 0.2) is 0 Å². The van der Waals surface area contributed by atoms with E-state index in [1.807, 2.05) is 0 Å². The van der Waals surface area contributed by atoms with Gasteiger partial charge in [-0.25, -0.2) is 4.79 Å². The molecule has 0 rings (SSSR count). The molecule has 7 heteroatoms. The highest BCUT2D eigenvalue weighted by Crippen LogP contribution is 2.12. The normalized spacial score (nSPS) is 12.9. The van der Waals surface area contributed by atoms with Crippen molar-refractivity contribution in [3.8, 4) is 0 Å². The Labute approximate surface area is 98.8 Å². The molecule has 17 heavy (non-hydrogen) atoms. The Balaban J connectivity index is 4.41. The minimum atomic E-state index is -1.42. The molecule has 0 saturated heterocycles. The van der Waals surface area contributed by atoms with Gasteiger partial charge in [0.1, 0.15) is 6.04 Å². The zero-order valence-electron chi connectivity index (χ0n) is 10.0. The van der Waals surface area contributed by atoms with Crippen LogP contribution in [-0.4, -0.2) is 46.8 Å². The van der Waals surface area contributed by atoms with Crippen LogP contribution >= 0.6 is 0 Å². The van der Waals surface area contributed by atoms with Gasteiger partial charge in [0.15, 0.2) is 0 Å². The van der Waals surface area contributed by atoms with Gasteiger partial charge in [-0.3, -0.25) is 9.59 Å². The van der Waals surface area contributed by atoms with Gasteiger partial charge < -0.3 is 20.3 Å².